The first-order chi connectivity index (χ1) is 12.2. The van der Waals surface area contributed by atoms with Crippen molar-refractivity contribution in [3.05, 3.63) is 36.5 Å². The zero-order valence-electron chi connectivity index (χ0n) is 13.8. The summed E-state index contributed by atoms with van der Waals surface area (Å²) in [5.74, 6) is 0.861. The lowest BCUT2D eigenvalue weighted by atomic mass is 9.96. The first kappa shape index (κ1) is 15.5. The number of carbonyl (C=O) groups excluding carboxylic acids is 1. The third-order valence-electron chi connectivity index (χ3n) is 4.52. The van der Waals surface area contributed by atoms with Gasteiger partial charge in [0.2, 0.25) is 5.91 Å². The maximum atomic E-state index is 12.5. The molecule has 3 aromatic heterocycles. The molecule has 25 heavy (non-hydrogen) atoms. The Hall–Kier alpha value is -3.03. The Morgan fingerprint density at radius 1 is 1.24 bits per heavy atom. The molecule has 0 aliphatic carbocycles. The molecule has 1 saturated heterocycles. The fourth-order valence-electron chi connectivity index (χ4n) is 3.08. The fourth-order valence-corrected chi connectivity index (χ4v) is 3.08. The molecule has 8 nitrogen and oxygen atoms in total. The van der Waals surface area contributed by atoms with Crippen LogP contribution in [0.2, 0.25) is 0 Å². The third kappa shape index (κ3) is 3.15. The van der Waals surface area contributed by atoms with Crippen molar-refractivity contribution in [1.29, 1.82) is 0 Å². The monoisotopic (exact) mass is 338 g/mol. The minimum Gasteiger partial charge on any atom is -0.355 e. The number of piperidine rings is 1. The molecule has 8 heteroatoms. The topological polar surface area (TPSA) is 97.0 Å². The predicted molar refractivity (Wildman–Crippen MR) is 92.1 cm³/mol. The quantitative estimate of drug-likeness (QED) is 0.781. The van der Waals surface area contributed by atoms with Crippen LogP contribution >= 0.6 is 0 Å². The summed E-state index contributed by atoms with van der Waals surface area (Å²) in [6.07, 6.45) is 8.26. The van der Waals surface area contributed by atoms with E-state index in [1.807, 2.05) is 13.0 Å². The SMILES string of the molecule is Cc1noc2ncc(NC(=O)C3CCN(c4cnccn4)CC3)cc12. The first-order valence-electron chi connectivity index (χ1n) is 8.24. The van der Waals surface area contributed by atoms with Gasteiger partial charge in [0.15, 0.2) is 0 Å². The van der Waals surface area contributed by atoms with Crippen LogP contribution in [-0.2, 0) is 4.79 Å². The van der Waals surface area contributed by atoms with Gasteiger partial charge in [0.25, 0.3) is 5.71 Å². The Bertz CT molecular complexity index is 887. The lowest BCUT2D eigenvalue weighted by molar-refractivity contribution is -0.120. The molecule has 128 valence electrons. The molecule has 4 heterocycles. The average molecular weight is 338 g/mol. The molecule has 1 N–H and O–H groups in total. The van der Waals surface area contributed by atoms with E-state index in [9.17, 15) is 4.79 Å². The average Bonchev–Trinajstić information content (AvgIpc) is 3.03. The van der Waals surface area contributed by atoms with E-state index in [0.29, 0.717) is 11.4 Å². The van der Waals surface area contributed by atoms with E-state index in [4.69, 9.17) is 4.52 Å². The molecule has 1 fully saturated rings. The maximum absolute atomic E-state index is 12.5. The summed E-state index contributed by atoms with van der Waals surface area (Å²) < 4.78 is 5.09. The Balaban J connectivity index is 1.39. The number of pyridine rings is 1. The van der Waals surface area contributed by atoms with E-state index in [0.717, 1.165) is 42.8 Å². The predicted octanol–water partition coefficient (Wildman–Crippen LogP) is 2.18. The zero-order chi connectivity index (χ0) is 17.2. The lowest BCUT2D eigenvalue weighted by Crippen LogP contribution is -2.38. The molecule has 4 rings (SSSR count). The van der Waals surface area contributed by atoms with Crippen LogP contribution in [0.1, 0.15) is 18.5 Å². The van der Waals surface area contributed by atoms with Gasteiger partial charge < -0.3 is 14.7 Å². The Morgan fingerprint density at radius 2 is 2.08 bits per heavy atom. The van der Waals surface area contributed by atoms with Gasteiger partial charge in [-0.15, -0.1) is 0 Å². The number of carbonyl (C=O) groups is 1. The van der Waals surface area contributed by atoms with Crippen molar-refractivity contribution in [2.45, 2.75) is 19.8 Å². The largest absolute Gasteiger partial charge is 0.355 e. The molecule has 0 atom stereocenters. The molecule has 0 spiro atoms. The van der Waals surface area contributed by atoms with Crippen molar-refractivity contribution in [2.24, 2.45) is 5.92 Å². The van der Waals surface area contributed by atoms with Crippen LogP contribution in [0.5, 0.6) is 0 Å². The van der Waals surface area contributed by atoms with Crippen molar-refractivity contribution in [1.82, 2.24) is 20.1 Å². The minimum atomic E-state index is -0.0211. The van der Waals surface area contributed by atoms with E-state index in [1.54, 1.807) is 24.8 Å². The number of hydrogen-bond acceptors (Lipinski definition) is 7. The molecule has 1 aliphatic rings. The molecular weight excluding hydrogens is 320 g/mol. The Labute approximate surface area is 144 Å². The van der Waals surface area contributed by atoms with Crippen molar-refractivity contribution < 1.29 is 9.32 Å². The number of fused-ring (bicyclic) bond motifs is 1. The standard InChI is InChI=1S/C17H18N6O2/c1-11-14-8-13(9-20-17(14)25-22-11)21-16(24)12-2-6-23(7-3-12)15-10-18-4-5-19-15/h4-5,8-10,12H,2-3,6-7H2,1H3,(H,21,24). The Kier molecular flexibility index (Phi) is 4.01. The van der Waals surface area contributed by atoms with Gasteiger partial charge >= 0.3 is 0 Å². The molecule has 3 aromatic rings. The third-order valence-corrected chi connectivity index (χ3v) is 4.52. The van der Waals surface area contributed by atoms with E-state index in [2.05, 4.69) is 30.3 Å². The molecule has 0 unspecified atom stereocenters. The van der Waals surface area contributed by atoms with Crippen LogP contribution in [0.4, 0.5) is 11.5 Å². The molecule has 1 amide bonds. The Morgan fingerprint density at radius 3 is 2.84 bits per heavy atom. The summed E-state index contributed by atoms with van der Waals surface area (Å²) in [5.41, 5.74) is 1.91. The summed E-state index contributed by atoms with van der Waals surface area (Å²) >= 11 is 0. The smallest absolute Gasteiger partial charge is 0.258 e. The van der Waals surface area contributed by atoms with Crippen molar-refractivity contribution in [2.75, 3.05) is 23.3 Å². The molecule has 0 saturated carbocycles. The number of amides is 1. The number of nitrogens with one attached hydrogen (secondary N) is 1. The van der Waals surface area contributed by atoms with E-state index < -0.39 is 0 Å². The molecule has 1 aliphatic heterocycles. The number of rotatable bonds is 3. The summed E-state index contributed by atoms with van der Waals surface area (Å²) in [5, 5.41) is 7.65. The second kappa shape index (κ2) is 6.46. The first-order valence-corrected chi connectivity index (χ1v) is 8.24. The zero-order valence-corrected chi connectivity index (χ0v) is 13.8. The van der Waals surface area contributed by atoms with Crippen LogP contribution in [0.25, 0.3) is 11.1 Å². The lowest BCUT2D eigenvalue weighted by Gasteiger charge is -2.31. The second-order valence-electron chi connectivity index (χ2n) is 6.16. The highest BCUT2D eigenvalue weighted by Gasteiger charge is 2.26. The molecular formula is C17H18N6O2. The van der Waals surface area contributed by atoms with Crippen molar-refractivity contribution >= 4 is 28.5 Å². The van der Waals surface area contributed by atoms with Crippen molar-refractivity contribution in [3.8, 4) is 0 Å². The second-order valence-corrected chi connectivity index (χ2v) is 6.16. The summed E-state index contributed by atoms with van der Waals surface area (Å²) in [6, 6.07) is 1.85. The summed E-state index contributed by atoms with van der Waals surface area (Å²) in [4.78, 5) is 27.3. The van der Waals surface area contributed by atoms with Gasteiger partial charge in [0.05, 0.1) is 29.2 Å². The van der Waals surface area contributed by atoms with Gasteiger partial charge in [-0.25, -0.2) is 9.97 Å². The number of hydrogen-bond donors (Lipinski definition) is 1. The number of aromatic nitrogens is 4. The van der Waals surface area contributed by atoms with Crippen LogP contribution < -0.4 is 10.2 Å². The summed E-state index contributed by atoms with van der Waals surface area (Å²) in [6.45, 7) is 3.43. The van der Waals surface area contributed by atoms with Gasteiger partial charge in [0, 0.05) is 31.4 Å². The highest BCUT2D eigenvalue weighted by Crippen LogP contribution is 2.24. The molecule has 0 radical (unpaired) electrons. The fraction of sp³-hybridized carbons (Fsp3) is 0.353. The normalized spacial score (nSPS) is 15.5. The number of nitrogens with zero attached hydrogens (tertiary/aromatic N) is 5. The van der Waals surface area contributed by atoms with Gasteiger partial charge in [-0.2, -0.15) is 0 Å². The van der Waals surface area contributed by atoms with E-state index >= 15 is 0 Å². The van der Waals surface area contributed by atoms with Crippen LogP contribution in [0.3, 0.4) is 0 Å². The number of anilines is 2. The molecule has 0 aromatic carbocycles. The highest BCUT2D eigenvalue weighted by atomic mass is 16.5. The highest BCUT2D eigenvalue weighted by molar-refractivity contribution is 5.94. The maximum Gasteiger partial charge on any atom is 0.258 e. The summed E-state index contributed by atoms with van der Waals surface area (Å²) in [7, 11) is 0. The van der Waals surface area contributed by atoms with Crippen LogP contribution in [0, 0.1) is 12.8 Å². The van der Waals surface area contributed by atoms with Gasteiger partial charge in [-0.1, -0.05) is 5.16 Å². The van der Waals surface area contributed by atoms with E-state index in [-0.39, 0.29) is 11.8 Å². The van der Waals surface area contributed by atoms with Gasteiger partial charge in [0.1, 0.15) is 5.82 Å². The van der Waals surface area contributed by atoms with Gasteiger partial charge in [-0.05, 0) is 25.8 Å². The van der Waals surface area contributed by atoms with Crippen molar-refractivity contribution in [3.63, 3.8) is 0 Å². The van der Waals surface area contributed by atoms with E-state index in [1.165, 1.54) is 0 Å². The van der Waals surface area contributed by atoms with Gasteiger partial charge in [-0.3, -0.25) is 9.78 Å². The van der Waals surface area contributed by atoms with Crippen LogP contribution in [0.15, 0.2) is 35.4 Å². The van der Waals surface area contributed by atoms with Crippen LogP contribution in [-0.4, -0.2) is 39.1 Å². The molecule has 0 bridgehead atoms. The number of aryl methyl sites for hydroxylation is 1. The minimum absolute atomic E-state index is 0.0211.